The summed E-state index contributed by atoms with van der Waals surface area (Å²) in [6.07, 6.45) is 0.538. The highest BCUT2D eigenvalue weighted by molar-refractivity contribution is 6.22. The number of benzene rings is 2. The number of fused-ring (bicyclic) bond motifs is 1. The Hall–Kier alpha value is -2.56. The SMILES string of the molecule is [B]C(C(C)=O)n1c(Cc2ccc(O)cc2)nc2ccccc21. The van der Waals surface area contributed by atoms with Crippen LogP contribution in [0.3, 0.4) is 0 Å². The normalized spacial score (nSPS) is 12.4. The van der Waals surface area contributed by atoms with Gasteiger partial charge in [-0.1, -0.05) is 24.3 Å². The molecule has 1 aromatic heterocycles. The third kappa shape index (κ3) is 2.62. The summed E-state index contributed by atoms with van der Waals surface area (Å²) in [5, 5.41) is 9.37. The lowest BCUT2D eigenvalue weighted by atomic mass is 9.92. The number of nitrogens with zero attached hydrogens (tertiary/aromatic N) is 2. The molecule has 0 spiro atoms. The van der Waals surface area contributed by atoms with Gasteiger partial charge in [0.1, 0.15) is 25.2 Å². The van der Waals surface area contributed by atoms with E-state index < -0.39 is 5.94 Å². The van der Waals surface area contributed by atoms with E-state index in [1.807, 2.05) is 36.4 Å². The summed E-state index contributed by atoms with van der Waals surface area (Å²) < 4.78 is 1.78. The molecule has 1 heterocycles. The number of carbonyl (C=O) groups excluding carboxylic acids is 1. The number of hydrogen-bond donors (Lipinski definition) is 1. The van der Waals surface area contributed by atoms with Crippen LogP contribution in [0, 0.1) is 0 Å². The molecule has 1 N–H and O–H groups in total. The van der Waals surface area contributed by atoms with Gasteiger partial charge in [0.05, 0.1) is 17.0 Å². The van der Waals surface area contributed by atoms with Gasteiger partial charge >= 0.3 is 0 Å². The van der Waals surface area contributed by atoms with E-state index >= 15 is 0 Å². The van der Waals surface area contributed by atoms with E-state index in [2.05, 4.69) is 4.98 Å². The molecule has 4 nitrogen and oxygen atoms in total. The molecule has 0 fully saturated rings. The van der Waals surface area contributed by atoms with Crippen molar-refractivity contribution in [2.75, 3.05) is 0 Å². The number of carbonyl (C=O) groups is 1. The van der Waals surface area contributed by atoms with E-state index in [0.717, 1.165) is 22.4 Å². The predicted molar refractivity (Wildman–Crippen MR) is 86.1 cm³/mol. The van der Waals surface area contributed by atoms with Crippen molar-refractivity contribution in [2.45, 2.75) is 19.3 Å². The van der Waals surface area contributed by atoms with Gasteiger partial charge in [0.25, 0.3) is 0 Å². The van der Waals surface area contributed by atoms with Crippen LogP contribution in [0.5, 0.6) is 5.75 Å². The maximum atomic E-state index is 11.7. The first-order valence-corrected chi connectivity index (χ1v) is 7.06. The first-order valence-electron chi connectivity index (χ1n) is 7.06. The Morgan fingerprint density at radius 3 is 2.59 bits per heavy atom. The van der Waals surface area contributed by atoms with Gasteiger partial charge in [0.2, 0.25) is 0 Å². The molecule has 1 atom stereocenters. The smallest absolute Gasteiger partial charge is 0.143 e. The fraction of sp³-hybridized carbons (Fsp3) is 0.176. The molecule has 0 aliphatic rings. The number of imidazole rings is 1. The van der Waals surface area contributed by atoms with Crippen LogP contribution in [-0.4, -0.2) is 28.3 Å². The van der Waals surface area contributed by atoms with Gasteiger partial charge in [-0.15, -0.1) is 0 Å². The maximum Gasteiger partial charge on any atom is 0.143 e. The van der Waals surface area contributed by atoms with Gasteiger partial charge in [-0.3, -0.25) is 4.79 Å². The fourth-order valence-electron chi connectivity index (χ4n) is 2.51. The predicted octanol–water partition coefficient (Wildman–Crippen LogP) is 2.59. The Kier molecular flexibility index (Phi) is 3.71. The van der Waals surface area contributed by atoms with Crippen LogP contribution in [0.15, 0.2) is 48.5 Å². The van der Waals surface area contributed by atoms with Gasteiger partial charge in [-0.05, 0) is 36.8 Å². The molecule has 0 aliphatic heterocycles. The number of Topliss-reactive ketones (excluding diaryl/α,β-unsaturated/α-hetero) is 1. The van der Waals surface area contributed by atoms with Gasteiger partial charge < -0.3 is 9.67 Å². The van der Waals surface area contributed by atoms with Crippen molar-refractivity contribution in [1.29, 1.82) is 0 Å². The second-order valence-electron chi connectivity index (χ2n) is 5.29. The van der Waals surface area contributed by atoms with E-state index in [-0.39, 0.29) is 11.5 Å². The van der Waals surface area contributed by atoms with Crippen molar-refractivity contribution in [3.8, 4) is 5.75 Å². The largest absolute Gasteiger partial charge is 0.508 e. The zero-order chi connectivity index (χ0) is 15.7. The Labute approximate surface area is 129 Å². The lowest BCUT2D eigenvalue weighted by Crippen LogP contribution is -2.19. The Morgan fingerprint density at radius 2 is 1.91 bits per heavy atom. The lowest BCUT2D eigenvalue weighted by Gasteiger charge is -2.15. The van der Waals surface area contributed by atoms with Gasteiger partial charge in [-0.2, -0.15) is 0 Å². The van der Waals surface area contributed by atoms with E-state index in [0.29, 0.717) is 6.42 Å². The molecule has 0 bridgehead atoms. The van der Waals surface area contributed by atoms with E-state index in [4.69, 9.17) is 7.85 Å². The van der Waals surface area contributed by atoms with Crippen molar-refractivity contribution in [2.24, 2.45) is 0 Å². The van der Waals surface area contributed by atoms with Crippen molar-refractivity contribution in [1.82, 2.24) is 9.55 Å². The molecular weight excluding hydrogens is 275 g/mol. The molecule has 0 saturated carbocycles. The van der Waals surface area contributed by atoms with Gasteiger partial charge in [0, 0.05) is 6.42 Å². The number of phenolic OH excluding ortho intramolecular Hbond substituents is 1. The zero-order valence-electron chi connectivity index (χ0n) is 12.2. The molecule has 0 amide bonds. The zero-order valence-corrected chi connectivity index (χ0v) is 12.2. The Balaban J connectivity index is 2.09. The summed E-state index contributed by atoms with van der Waals surface area (Å²) in [5.74, 6) is 0.0851. The molecule has 3 aromatic rings. The van der Waals surface area contributed by atoms with E-state index in [1.165, 1.54) is 6.92 Å². The quantitative estimate of drug-likeness (QED) is 0.751. The molecule has 2 radical (unpaired) electrons. The van der Waals surface area contributed by atoms with Crippen LogP contribution < -0.4 is 0 Å². The van der Waals surface area contributed by atoms with Crippen LogP contribution in [0.1, 0.15) is 24.3 Å². The topological polar surface area (TPSA) is 55.1 Å². The molecule has 2 aromatic carbocycles. The number of aromatic hydroxyl groups is 1. The summed E-state index contributed by atoms with van der Waals surface area (Å²) >= 11 is 0. The average Bonchev–Trinajstić information content (AvgIpc) is 2.86. The number of aromatic nitrogens is 2. The second-order valence-corrected chi connectivity index (χ2v) is 5.29. The monoisotopic (exact) mass is 290 g/mol. The number of phenols is 1. The minimum absolute atomic E-state index is 0.116. The third-order valence-corrected chi connectivity index (χ3v) is 3.66. The summed E-state index contributed by atoms with van der Waals surface area (Å²) in [4.78, 5) is 16.3. The molecule has 0 aliphatic carbocycles. The minimum Gasteiger partial charge on any atom is -0.508 e. The summed E-state index contributed by atoms with van der Waals surface area (Å²) in [6.45, 7) is 1.48. The highest BCUT2D eigenvalue weighted by Gasteiger charge is 2.18. The van der Waals surface area contributed by atoms with Gasteiger partial charge in [-0.25, -0.2) is 4.98 Å². The number of ketones is 1. The van der Waals surface area contributed by atoms with Crippen LogP contribution in [0.4, 0.5) is 0 Å². The van der Waals surface area contributed by atoms with E-state index in [1.54, 1.807) is 16.7 Å². The molecule has 3 rings (SSSR count). The maximum absolute atomic E-state index is 11.7. The highest BCUT2D eigenvalue weighted by Crippen LogP contribution is 2.23. The Morgan fingerprint density at radius 1 is 1.23 bits per heavy atom. The van der Waals surface area contributed by atoms with Crippen LogP contribution in [0.25, 0.3) is 11.0 Å². The molecule has 1 unspecified atom stereocenters. The van der Waals surface area contributed by atoms with Crippen LogP contribution >= 0.6 is 0 Å². The van der Waals surface area contributed by atoms with E-state index in [9.17, 15) is 9.90 Å². The number of para-hydroxylation sites is 2. The van der Waals surface area contributed by atoms with Crippen molar-refractivity contribution < 1.29 is 9.90 Å². The van der Waals surface area contributed by atoms with Crippen LogP contribution in [0.2, 0.25) is 0 Å². The fourth-order valence-corrected chi connectivity index (χ4v) is 2.51. The summed E-state index contributed by atoms with van der Waals surface area (Å²) in [7, 11) is 6.06. The highest BCUT2D eigenvalue weighted by atomic mass is 16.3. The molecule has 5 heteroatoms. The van der Waals surface area contributed by atoms with Crippen molar-refractivity contribution in [3.63, 3.8) is 0 Å². The number of hydrogen-bond acceptors (Lipinski definition) is 3. The van der Waals surface area contributed by atoms with Crippen LogP contribution in [-0.2, 0) is 11.2 Å². The molecule has 0 saturated heterocycles. The first-order chi connectivity index (χ1) is 10.6. The third-order valence-electron chi connectivity index (χ3n) is 3.66. The molecular formula is C17H15BN2O2. The first kappa shape index (κ1) is 14.4. The Bertz CT molecular complexity index is 824. The molecule has 22 heavy (non-hydrogen) atoms. The second kappa shape index (κ2) is 5.68. The average molecular weight is 290 g/mol. The standard InChI is InChI=1S/C17H15BN2O2/c1-11(21)17(18)20-15-5-3-2-4-14(15)19-16(20)10-12-6-8-13(22)9-7-12/h2-9,17,22H,10H2,1H3. The summed E-state index contributed by atoms with van der Waals surface area (Å²) in [6, 6.07) is 14.5. The number of rotatable bonds is 4. The molecule has 108 valence electrons. The van der Waals surface area contributed by atoms with Gasteiger partial charge in [0.15, 0.2) is 0 Å². The summed E-state index contributed by atoms with van der Waals surface area (Å²) in [5.41, 5.74) is 2.65. The van der Waals surface area contributed by atoms with Crippen molar-refractivity contribution >= 4 is 24.7 Å². The minimum atomic E-state index is -0.750. The lowest BCUT2D eigenvalue weighted by molar-refractivity contribution is -0.118. The van der Waals surface area contributed by atoms with Crippen molar-refractivity contribution in [3.05, 3.63) is 59.9 Å².